The van der Waals surface area contributed by atoms with Crippen molar-refractivity contribution >= 4 is 17.5 Å². The molecule has 2 rings (SSSR count). The summed E-state index contributed by atoms with van der Waals surface area (Å²) in [6.45, 7) is 4.07. The van der Waals surface area contributed by atoms with Crippen LogP contribution in [0.25, 0.3) is 0 Å². The number of halogens is 1. The molecule has 5 heteroatoms. The van der Waals surface area contributed by atoms with Crippen molar-refractivity contribution in [3.63, 3.8) is 0 Å². The van der Waals surface area contributed by atoms with Crippen molar-refractivity contribution in [2.24, 2.45) is 5.73 Å². The Labute approximate surface area is 135 Å². The van der Waals surface area contributed by atoms with E-state index >= 15 is 0 Å². The molecule has 0 aliphatic heterocycles. The second kappa shape index (κ2) is 6.81. The Hall–Kier alpha value is -2.04. The zero-order chi connectivity index (χ0) is 16.2. The van der Waals surface area contributed by atoms with Crippen LogP contribution in [0.15, 0.2) is 48.5 Å². The van der Waals surface area contributed by atoms with Crippen molar-refractivity contribution in [3.8, 4) is 11.5 Å². The van der Waals surface area contributed by atoms with E-state index in [1.807, 2.05) is 36.4 Å². The van der Waals surface area contributed by atoms with Crippen LogP contribution >= 0.6 is 11.6 Å². The van der Waals surface area contributed by atoms with Crippen LogP contribution in [0.2, 0.25) is 5.02 Å². The van der Waals surface area contributed by atoms with Gasteiger partial charge in [-0.1, -0.05) is 23.7 Å². The third-order valence-corrected chi connectivity index (χ3v) is 3.58. The highest BCUT2D eigenvalue weighted by Crippen LogP contribution is 2.23. The number of rotatable bonds is 6. The summed E-state index contributed by atoms with van der Waals surface area (Å²) in [5, 5.41) is 3.79. The van der Waals surface area contributed by atoms with E-state index in [2.05, 4.69) is 5.32 Å². The third-order valence-electron chi connectivity index (χ3n) is 3.32. The molecular formula is C17H19ClN2O2. The molecule has 0 fully saturated rings. The van der Waals surface area contributed by atoms with Gasteiger partial charge in [-0.2, -0.15) is 0 Å². The molecule has 2 aromatic rings. The number of nitrogens with one attached hydrogen (secondary N) is 1. The van der Waals surface area contributed by atoms with Gasteiger partial charge in [0.25, 0.3) is 0 Å². The molecular weight excluding hydrogens is 300 g/mol. The molecule has 0 radical (unpaired) electrons. The number of nitrogens with two attached hydrogens (primary N) is 1. The lowest BCUT2D eigenvalue weighted by Gasteiger charge is -2.22. The predicted molar refractivity (Wildman–Crippen MR) is 88.1 cm³/mol. The number of hydrogen-bond donors (Lipinski definition) is 2. The summed E-state index contributed by atoms with van der Waals surface area (Å²) in [4.78, 5) is 11.3. The number of carbonyl (C=O) groups excluding carboxylic acids is 1. The molecule has 4 nitrogen and oxygen atoms in total. The van der Waals surface area contributed by atoms with Crippen molar-refractivity contribution in [2.75, 3.05) is 0 Å². The van der Waals surface area contributed by atoms with E-state index in [0.717, 1.165) is 17.1 Å². The summed E-state index contributed by atoms with van der Waals surface area (Å²) >= 11 is 5.83. The lowest BCUT2D eigenvalue weighted by atomic mass is 10.0. The SMILES string of the molecule is CC(C)(NCc1ccc(Oc2ccc(Cl)cc2)cc1)C(N)=O. The standard InChI is InChI=1S/C17H19ClN2O2/c1-17(2,16(19)21)20-11-12-3-7-14(8-4-12)22-15-9-5-13(18)6-10-15/h3-10,20H,11H2,1-2H3,(H2,19,21). The van der Waals surface area contributed by atoms with E-state index in [0.29, 0.717) is 11.6 Å². The Balaban J connectivity index is 1.95. The van der Waals surface area contributed by atoms with Crippen molar-refractivity contribution < 1.29 is 9.53 Å². The zero-order valence-corrected chi connectivity index (χ0v) is 13.4. The summed E-state index contributed by atoms with van der Waals surface area (Å²) in [6, 6.07) is 14.8. The number of ether oxygens (including phenoxy) is 1. The molecule has 0 spiro atoms. The summed E-state index contributed by atoms with van der Waals surface area (Å²) in [7, 11) is 0. The Bertz CT molecular complexity index is 637. The van der Waals surface area contributed by atoms with Gasteiger partial charge in [0.05, 0.1) is 5.54 Å². The Morgan fingerprint density at radius 2 is 1.59 bits per heavy atom. The van der Waals surface area contributed by atoms with Crippen LogP contribution in [0.3, 0.4) is 0 Å². The first-order chi connectivity index (χ1) is 10.4. The molecule has 0 bridgehead atoms. The highest BCUT2D eigenvalue weighted by atomic mass is 35.5. The normalized spacial score (nSPS) is 11.2. The van der Waals surface area contributed by atoms with E-state index in [9.17, 15) is 4.79 Å². The fourth-order valence-corrected chi connectivity index (χ4v) is 1.85. The van der Waals surface area contributed by atoms with Crippen LogP contribution in [0, 0.1) is 0 Å². The number of carbonyl (C=O) groups is 1. The molecule has 116 valence electrons. The van der Waals surface area contributed by atoms with Crippen LogP contribution in [0.5, 0.6) is 11.5 Å². The van der Waals surface area contributed by atoms with Crippen molar-refractivity contribution in [2.45, 2.75) is 25.9 Å². The molecule has 1 amide bonds. The number of hydrogen-bond acceptors (Lipinski definition) is 3. The summed E-state index contributed by atoms with van der Waals surface area (Å²) < 4.78 is 5.72. The average molecular weight is 319 g/mol. The molecule has 0 aliphatic rings. The van der Waals surface area contributed by atoms with Gasteiger partial charge in [0.15, 0.2) is 0 Å². The van der Waals surface area contributed by atoms with Crippen molar-refractivity contribution in [3.05, 3.63) is 59.1 Å². The van der Waals surface area contributed by atoms with Gasteiger partial charge < -0.3 is 10.5 Å². The lowest BCUT2D eigenvalue weighted by molar-refractivity contribution is -0.123. The zero-order valence-electron chi connectivity index (χ0n) is 12.6. The maximum Gasteiger partial charge on any atom is 0.237 e. The topological polar surface area (TPSA) is 64.3 Å². The molecule has 0 aliphatic carbocycles. The van der Waals surface area contributed by atoms with Gasteiger partial charge >= 0.3 is 0 Å². The van der Waals surface area contributed by atoms with E-state index in [1.165, 1.54) is 0 Å². The van der Waals surface area contributed by atoms with Crippen LogP contribution in [0.4, 0.5) is 0 Å². The molecule has 22 heavy (non-hydrogen) atoms. The minimum absolute atomic E-state index is 0.379. The summed E-state index contributed by atoms with van der Waals surface area (Å²) in [5.74, 6) is 1.08. The number of amides is 1. The Morgan fingerprint density at radius 3 is 2.09 bits per heavy atom. The van der Waals surface area contributed by atoms with E-state index in [4.69, 9.17) is 22.1 Å². The van der Waals surface area contributed by atoms with Crippen LogP contribution < -0.4 is 15.8 Å². The van der Waals surface area contributed by atoms with E-state index in [1.54, 1.807) is 26.0 Å². The van der Waals surface area contributed by atoms with Gasteiger partial charge in [-0.3, -0.25) is 10.1 Å². The Kier molecular flexibility index (Phi) is 5.06. The van der Waals surface area contributed by atoms with E-state index in [-0.39, 0.29) is 5.91 Å². The molecule has 0 aromatic heterocycles. The monoisotopic (exact) mass is 318 g/mol. The smallest absolute Gasteiger partial charge is 0.237 e. The molecule has 0 saturated carbocycles. The maximum atomic E-state index is 11.3. The quantitative estimate of drug-likeness (QED) is 0.857. The third kappa shape index (κ3) is 4.48. The first-order valence-electron chi connectivity index (χ1n) is 6.94. The fourth-order valence-electron chi connectivity index (χ4n) is 1.72. The van der Waals surface area contributed by atoms with Gasteiger partial charge in [0.2, 0.25) is 5.91 Å². The molecule has 0 heterocycles. The minimum atomic E-state index is -0.738. The first kappa shape index (κ1) is 16.3. The highest BCUT2D eigenvalue weighted by Gasteiger charge is 2.23. The maximum absolute atomic E-state index is 11.3. The van der Waals surface area contributed by atoms with Gasteiger partial charge in [-0.15, -0.1) is 0 Å². The molecule has 0 unspecified atom stereocenters. The summed E-state index contributed by atoms with van der Waals surface area (Å²) in [5.41, 5.74) is 5.63. The van der Waals surface area contributed by atoms with Crippen molar-refractivity contribution in [1.82, 2.24) is 5.32 Å². The number of benzene rings is 2. The minimum Gasteiger partial charge on any atom is -0.457 e. The Morgan fingerprint density at radius 1 is 1.09 bits per heavy atom. The second-order valence-corrected chi connectivity index (χ2v) is 5.98. The molecule has 0 atom stereocenters. The van der Waals surface area contributed by atoms with Crippen molar-refractivity contribution in [1.29, 1.82) is 0 Å². The van der Waals surface area contributed by atoms with E-state index < -0.39 is 5.54 Å². The van der Waals surface area contributed by atoms with Crippen LogP contribution in [-0.4, -0.2) is 11.4 Å². The molecule has 2 aromatic carbocycles. The predicted octanol–water partition coefficient (Wildman–Crippen LogP) is 3.49. The first-order valence-corrected chi connectivity index (χ1v) is 7.32. The fraction of sp³-hybridized carbons (Fsp3) is 0.235. The van der Waals surface area contributed by atoms with Crippen LogP contribution in [-0.2, 0) is 11.3 Å². The van der Waals surface area contributed by atoms with Gasteiger partial charge in [-0.25, -0.2) is 0 Å². The highest BCUT2D eigenvalue weighted by molar-refractivity contribution is 6.30. The largest absolute Gasteiger partial charge is 0.457 e. The molecule has 0 saturated heterocycles. The van der Waals surface area contributed by atoms with Crippen LogP contribution in [0.1, 0.15) is 19.4 Å². The van der Waals surface area contributed by atoms with Gasteiger partial charge in [0.1, 0.15) is 11.5 Å². The second-order valence-electron chi connectivity index (χ2n) is 5.54. The average Bonchev–Trinajstić information content (AvgIpc) is 2.49. The summed E-state index contributed by atoms with van der Waals surface area (Å²) in [6.07, 6.45) is 0. The lowest BCUT2D eigenvalue weighted by Crippen LogP contribution is -2.50. The number of primary amides is 1. The van der Waals surface area contributed by atoms with Gasteiger partial charge in [-0.05, 0) is 55.8 Å². The van der Waals surface area contributed by atoms with Gasteiger partial charge in [0, 0.05) is 11.6 Å². The molecule has 3 N–H and O–H groups in total.